The van der Waals surface area contributed by atoms with Crippen LogP contribution in [0.3, 0.4) is 0 Å². The predicted octanol–water partition coefficient (Wildman–Crippen LogP) is 2.44. The first-order chi connectivity index (χ1) is 13.1. The fourth-order valence-corrected chi connectivity index (χ4v) is 4.49. The lowest BCUT2D eigenvalue weighted by Gasteiger charge is -2.46. The van der Waals surface area contributed by atoms with E-state index in [-0.39, 0.29) is 24.2 Å². The average Bonchev–Trinajstić information content (AvgIpc) is 3.22. The molecule has 1 spiro atoms. The summed E-state index contributed by atoms with van der Waals surface area (Å²) in [5, 5.41) is 3.82. The van der Waals surface area contributed by atoms with E-state index in [1.54, 1.807) is 39.7 Å². The van der Waals surface area contributed by atoms with E-state index in [1.807, 2.05) is 0 Å². The number of halogens is 1. The summed E-state index contributed by atoms with van der Waals surface area (Å²) in [6, 6.07) is 6.51. The van der Waals surface area contributed by atoms with E-state index in [4.69, 9.17) is 0 Å². The second-order valence-electron chi connectivity index (χ2n) is 7.05. The Morgan fingerprint density at radius 2 is 2.04 bits per heavy atom. The van der Waals surface area contributed by atoms with Crippen molar-refractivity contribution >= 4 is 23.2 Å². The molecule has 3 heterocycles. The van der Waals surface area contributed by atoms with Crippen LogP contribution < -0.4 is 5.43 Å². The van der Waals surface area contributed by atoms with Crippen molar-refractivity contribution in [1.82, 2.24) is 20.3 Å². The summed E-state index contributed by atoms with van der Waals surface area (Å²) in [4.78, 5) is 31.5. The molecule has 0 saturated carbocycles. The topological polar surface area (TPSA) is 65.5 Å². The van der Waals surface area contributed by atoms with E-state index in [2.05, 4.69) is 10.4 Å². The molecule has 2 aliphatic heterocycles. The molecule has 2 amide bonds. The molecular formula is C19H21FN4O2S. The Balaban J connectivity index is 1.44. The van der Waals surface area contributed by atoms with Crippen LogP contribution in [-0.4, -0.2) is 46.3 Å². The standard InChI is InChI=1S/C19H21FN4O2S/c20-15-4-2-1-3-14(15)13-24-18(26)19(5-8-22-24)6-10-23(11-7-19)17(25)16-21-9-12-27-16/h1-4,9,12,22H,5-8,10-11,13H2. The summed E-state index contributed by atoms with van der Waals surface area (Å²) >= 11 is 1.33. The van der Waals surface area contributed by atoms with Crippen molar-refractivity contribution in [2.45, 2.75) is 25.8 Å². The highest BCUT2D eigenvalue weighted by Gasteiger charge is 2.46. The number of nitrogens with zero attached hydrogens (tertiary/aromatic N) is 3. The van der Waals surface area contributed by atoms with Gasteiger partial charge in [0, 0.05) is 36.8 Å². The molecule has 0 bridgehead atoms. The van der Waals surface area contributed by atoms with E-state index in [9.17, 15) is 14.0 Å². The molecule has 6 nitrogen and oxygen atoms in total. The van der Waals surface area contributed by atoms with Gasteiger partial charge in [-0.05, 0) is 25.3 Å². The minimum absolute atomic E-state index is 0.00153. The van der Waals surface area contributed by atoms with E-state index < -0.39 is 5.41 Å². The molecule has 1 aromatic heterocycles. The first kappa shape index (κ1) is 18.1. The maximum Gasteiger partial charge on any atom is 0.282 e. The van der Waals surface area contributed by atoms with Crippen LogP contribution in [0.25, 0.3) is 0 Å². The van der Waals surface area contributed by atoms with E-state index in [1.165, 1.54) is 17.4 Å². The van der Waals surface area contributed by atoms with Gasteiger partial charge in [-0.2, -0.15) is 0 Å². The van der Waals surface area contributed by atoms with Gasteiger partial charge in [-0.15, -0.1) is 11.3 Å². The maximum absolute atomic E-state index is 14.0. The van der Waals surface area contributed by atoms with Crippen molar-refractivity contribution < 1.29 is 14.0 Å². The summed E-state index contributed by atoms with van der Waals surface area (Å²) in [5.41, 5.74) is 3.12. The maximum atomic E-state index is 14.0. The van der Waals surface area contributed by atoms with Gasteiger partial charge in [0.1, 0.15) is 5.82 Å². The van der Waals surface area contributed by atoms with Gasteiger partial charge in [0.2, 0.25) is 5.91 Å². The number of piperidine rings is 1. The number of carbonyl (C=O) groups is 2. The van der Waals surface area contributed by atoms with Gasteiger partial charge in [0.25, 0.3) is 5.91 Å². The number of carbonyl (C=O) groups excluding carboxylic acids is 2. The molecule has 0 aliphatic carbocycles. The third-order valence-electron chi connectivity index (χ3n) is 5.51. The van der Waals surface area contributed by atoms with Gasteiger partial charge in [0.15, 0.2) is 5.01 Å². The van der Waals surface area contributed by atoms with E-state index in [0.717, 1.165) is 6.42 Å². The van der Waals surface area contributed by atoms with Gasteiger partial charge in [0.05, 0.1) is 12.0 Å². The molecule has 2 aromatic rings. The Morgan fingerprint density at radius 3 is 2.74 bits per heavy atom. The largest absolute Gasteiger partial charge is 0.337 e. The molecular weight excluding hydrogens is 367 g/mol. The Kier molecular flexibility index (Phi) is 4.92. The van der Waals surface area contributed by atoms with Crippen molar-refractivity contribution in [1.29, 1.82) is 0 Å². The zero-order chi connectivity index (χ0) is 18.9. The molecule has 8 heteroatoms. The number of thiazole rings is 1. The number of benzene rings is 1. The molecule has 0 unspecified atom stereocenters. The zero-order valence-electron chi connectivity index (χ0n) is 14.9. The van der Waals surface area contributed by atoms with Crippen LogP contribution in [0, 0.1) is 11.2 Å². The highest BCUT2D eigenvalue weighted by Crippen LogP contribution is 2.39. The number of hydrazine groups is 1. The number of aromatic nitrogens is 1. The smallest absolute Gasteiger partial charge is 0.282 e. The molecule has 4 rings (SSSR count). The lowest BCUT2D eigenvalue weighted by Crippen LogP contribution is -2.59. The molecule has 1 N–H and O–H groups in total. The van der Waals surface area contributed by atoms with Crippen LogP contribution in [0.1, 0.15) is 34.6 Å². The summed E-state index contributed by atoms with van der Waals surface area (Å²) in [6.07, 6.45) is 3.61. The SMILES string of the molecule is O=C(c1nccs1)N1CCC2(CCNN(Cc3ccccc3F)C2=O)CC1. The lowest BCUT2D eigenvalue weighted by atomic mass is 9.73. The van der Waals surface area contributed by atoms with E-state index >= 15 is 0 Å². The molecule has 142 valence electrons. The Bertz CT molecular complexity index is 834. The molecule has 0 radical (unpaired) electrons. The van der Waals surface area contributed by atoms with Crippen molar-refractivity contribution in [2.75, 3.05) is 19.6 Å². The normalized spacial score (nSPS) is 19.5. The van der Waals surface area contributed by atoms with Gasteiger partial charge in [-0.1, -0.05) is 18.2 Å². The summed E-state index contributed by atoms with van der Waals surface area (Å²) in [5.74, 6) is -0.376. The first-order valence-corrected chi connectivity index (χ1v) is 9.95. The van der Waals surface area contributed by atoms with E-state index in [0.29, 0.717) is 43.0 Å². The minimum Gasteiger partial charge on any atom is -0.337 e. The van der Waals surface area contributed by atoms with Crippen LogP contribution in [0.4, 0.5) is 4.39 Å². The third kappa shape index (κ3) is 3.46. The average molecular weight is 388 g/mol. The van der Waals surface area contributed by atoms with Crippen LogP contribution in [0.5, 0.6) is 0 Å². The molecule has 2 saturated heterocycles. The lowest BCUT2D eigenvalue weighted by molar-refractivity contribution is -0.155. The van der Waals surface area contributed by atoms with Crippen molar-refractivity contribution in [3.63, 3.8) is 0 Å². The molecule has 1 aromatic carbocycles. The molecule has 2 fully saturated rings. The predicted molar refractivity (Wildman–Crippen MR) is 99.3 cm³/mol. The van der Waals surface area contributed by atoms with Crippen LogP contribution >= 0.6 is 11.3 Å². The molecule has 0 atom stereocenters. The van der Waals surface area contributed by atoms with Crippen LogP contribution in [0.15, 0.2) is 35.8 Å². The zero-order valence-corrected chi connectivity index (χ0v) is 15.7. The minimum atomic E-state index is -0.476. The Hall–Kier alpha value is -2.32. The molecule has 27 heavy (non-hydrogen) atoms. The first-order valence-electron chi connectivity index (χ1n) is 9.07. The quantitative estimate of drug-likeness (QED) is 0.877. The number of hydrogen-bond acceptors (Lipinski definition) is 5. The number of amides is 2. The third-order valence-corrected chi connectivity index (χ3v) is 6.28. The Morgan fingerprint density at radius 1 is 1.26 bits per heavy atom. The summed E-state index contributed by atoms with van der Waals surface area (Å²) in [6.45, 7) is 1.95. The summed E-state index contributed by atoms with van der Waals surface area (Å²) in [7, 11) is 0. The van der Waals surface area contributed by atoms with Gasteiger partial charge < -0.3 is 4.90 Å². The monoisotopic (exact) mass is 388 g/mol. The number of rotatable bonds is 3. The second-order valence-corrected chi connectivity index (χ2v) is 7.95. The number of hydrogen-bond donors (Lipinski definition) is 1. The fraction of sp³-hybridized carbons (Fsp3) is 0.421. The number of likely N-dealkylation sites (tertiary alicyclic amines) is 1. The van der Waals surface area contributed by atoms with Crippen LogP contribution in [0.2, 0.25) is 0 Å². The van der Waals surface area contributed by atoms with Crippen LogP contribution in [-0.2, 0) is 11.3 Å². The summed E-state index contributed by atoms with van der Waals surface area (Å²) < 4.78 is 14.0. The fourth-order valence-electron chi connectivity index (χ4n) is 3.89. The van der Waals surface area contributed by atoms with Crippen molar-refractivity contribution in [3.8, 4) is 0 Å². The number of nitrogens with one attached hydrogen (secondary N) is 1. The van der Waals surface area contributed by atoms with Gasteiger partial charge >= 0.3 is 0 Å². The highest BCUT2D eigenvalue weighted by atomic mass is 32.1. The van der Waals surface area contributed by atoms with Gasteiger partial charge in [-0.3, -0.25) is 14.6 Å². The van der Waals surface area contributed by atoms with Crippen molar-refractivity contribution in [3.05, 3.63) is 52.2 Å². The van der Waals surface area contributed by atoms with Crippen molar-refractivity contribution in [2.24, 2.45) is 5.41 Å². The Labute approximate surface area is 161 Å². The molecule has 2 aliphatic rings. The second kappa shape index (κ2) is 7.36. The van der Waals surface area contributed by atoms with Gasteiger partial charge in [-0.25, -0.2) is 14.8 Å². The highest BCUT2D eigenvalue weighted by molar-refractivity contribution is 7.11.